The van der Waals surface area contributed by atoms with Gasteiger partial charge in [0, 0.05) is 44.9 Å². The van der Waals surface area contributed by atoms with Gasteiger partial charge in [0.2, 0.25) is 5.91 Å². The molecular formula is C23H33IN6O2. The van der Waals surface area contributed by atoms with Crippen molar-refractivity contribution in [3.8, 4) is 0 Å². The van der Waals surface area contributed by atoms with Gasteiger partial charge >= 0.3 is 0 Å². The van der Waals surface area contributed by atoms with Crippen molar-refractivity contribution in [1.29, 1.82) is 0 Å². The molecule has 1 heterocycles. The summed E-state index contributed by atoms with van der Waals surface area (Å²) in [6, 6.07) is 13.1. The average Bonchev–Trinajstić information content (AvgIpc) is 2.73. The van der Waals surface area contributed by atoms with E-state index in [1.807, 2.05) is 50.2 Å². The van der Waals surface area contributed by atoms with Gasteiger partial charge in [-0.05, 0) is 50.1 Å². The lowest BCUT2D eigenvalue weighted by Crippen LogP contribution is -2.38. The van der Waals surface area contributed by atoms with Crippen molar-refractivity contribution >= 4 is 47.6 Å². The van der Waals surface area contributed by atoms with Crippen molar-refractivity contribution in [3.05, 3.63) is 59.3 Å². The first-order valence-corrected chi connectivity index (χ1v) is 10.5. The van der Waals surface area contributed by atoms with Crippen LogP contribution in [0.5, 0.6) is 0 Å². The van der Waals surface area contributed by atoms with Gasteiger partial charge < -0.3 is 20.9 Å². The summed E-state index contributed by atoms with van der Waals surface area (Å²) in [4.78, 5) is 34.5. The van der Waals surface area contributed by atoms with Crippen LogP contribution in [0.25, 0.3) is 0 Å². The van der Waals surface area contributed by atoms with E-state index in [1.165, 1.54) is 0 Å². The largest absolute Gasteiger partial charge is 0.357 e. The van der Waals surface area contributed by atoms with E-state index in [9.17, 15) is 9.59 Å². The number of aliphatic imine (C=N–C) groups is 1. The highest BCUT2D eigenvalue weighted by atomic mass is 127. The van der Waals surface area contributed by atoms with Crippen LogP contribution in [0.1, 0.15) is 35.0 Å². The Kier molecular flexibility index (Phi) is 12.3. The van der Waals surface area contributed by atoms with Crippen LogP contribution in [0.3, 0.4) is 0 Å². The second-order valence-corrected chi connectivity index (χ2v) is 7.30. The molecule has 9 heteroatoms. The van der Waals surface area contributed by atoms with Crippen molar-refractivity contribution in [2.24, 2.45) is 4.99 Å². The highest BCUT2D eigenvalue weighted by Gasteiger charge is 2.08. The minimum absolute atomic E-state index is 0. The molecule has 0 bridgehead atoms. The fourth-order valence-electron chi connectivity index (χ4n) is 2.87. The second-order valence-electron chi connectivity index (χ2n) is 7.30. The predicted molar refractivity (Wildman–Crippen MR) is 140 cm³/mol. The highest BCUT2D eigenvalue weighted by Crippen LogP contribution is 2.08. The number of pyridine rings is 1. The molecule has 0 saturated carbocycles. The van der Waals surface area contributed by atoms with E-state index in [-0.39, 0.29) is 42.2 Å². The molecular weight excluding hydrogens is 519 g/mol. The quantitative estimate of drug-likeness (QED) is 0.253. The van der Waals surface area contributed by atoms with Gasteiger partial charge in [-0.25, -0.2) is 4.98 Å². The molecule has 32 heavy (non-hydrogen) atoms. The molecule has 1 aromatic carbocycles. The number of aryl methyl sites for hydroxylation is 1. The Morgan fingerprint density at radius 3 is 2.53 bits per heavy atom. The number of amides is 2. The average molecular weight is 552 g/mol. The number of anilines is 1. The van der Waals surface area contributed by atoms with E-state index in [0.29, 0.717) is 30.4 Å². The van der Waals surface area contributed by atoms with Crippen LogP contribution in [0.4, 0.5) is 5.82 Å². The lowest BCUT2D eigenvalue weighted by Gasteiger charge is -2.13. The number of benzene rings is 1. The van der Waals surface area contributed by atoms with Crippen molar-refractivity contribution < 1.29 is 9.59 Å². The molecule has 0 spiro atoms. The molecule has 2 rings (SSSR count). The van der Waals surface area contributed by atoms with Crippen molar-refractivity contribution in [3.63, 3.8) is 0 Å². The van der Waals surface area contributed by atoms with Crippen molar-refractivity contribution in [2.75, 3.05) is 39.0 Å². The molecule has 0 saturated heterocycles. The van der Waals surface area contributed by atoms with Gasteiger partial charge in [-0.1, -0.05) is 18.2 Å². The molecule has 0 radical (unpaired) electrons. The molecule has 0 aliphatic rings. The summed E-state index contributed by atoms with van der Waals surface area (Å²) >= 11 is 0. The monoisotopic (exact) mass is 552 g/mol. The number of guanidine groups is 1. The number of carbonyl (C=O) groups is 2. The summed E-state index contributed by atoms with van der Waals surface area (Å²) in [7, 11) is 3.49. The van der Waals surface area contributed by atoms with Gasteiger partial charge in [0.25, 0.3) is 5.91 Å². The maximum absolute atomic E-state index is 12.1. The standard InChI is InChI=1S/C23H32N6O2.HI/c1-5-24-23(26-15-13-21(30)28-20-11-6-8-17(2)27-20)25-14-12-18-9-7-10-19(16-18)22(31)29(3)4;/h6-11,16H,5,12-15H2,1-4H3,(H2,24,25,26)(H,27,28,30);1H. The van der Waals surface area contributed by atoms with E-state index in [1.54, 1.807) is 25.1 Å². The number of aromatic nitrogens is 1. The summed E-state index contributed by atoms with van der Waals surface area (Å²) in [5, 5.41) is 9.23. The Labute approximate surface area is 207 Å². The first kappa shape index (κ1) is 27.3. The molecule has 2 amide bonds. The molecule has 3 N–H and O–H groups in total. The molecule has 1 aromatic heterocycles. The fourth-order valence-corrected chi connectivity index (χ4v) is 2.87. The third-order valence-electron chi connectivity index (χ3n) is 4.40. The highest BCUT2D eigenvalue weighted by molar-refractivity contribution is 14.0. The Morgan fingerprint density at radius 1 is 1.09 bits per heavy atom. The van der Waals surface area contributed by atoms with E-state index in [4.69, 9.17) is 0 Å². The maximum atomic E-state index is 12.1. The number of hydrogen-bond acceptors (Lipinski definition) is 4. The zero-order valence-electron chi connectivity index (χ0n) is 19.1. The van der Waals surface area contributed by atoms with Crippen molar-refractivity contribution in [1.82, 2.24) is 20.5 Å². The Morgan fingerprint density at radius 2 is 1.84 bits per heavy atom. The third kappa shape index (κ3) is 9.63. The van der Waals surface area contributed by atoms with Gasteiger partial charge in [0.15, 0.2) is 5.96 Å². The van der Waals surface area contributed by atoms with Crippen LogP contribution in [0.2, 0.25) is 0 Å². The number of nitrogens with zero attached hydrogens (tertiary/aromatic N) is 3. The predicted octanol–water partition coefficient (Wildman–Crippen LogP) is 2.84. The summed E-state index contributed by atoms with van der Waals surface area (Å²) in [6.07, 6.45) is 1.01. The lowest BCUT2D eigenvalue weighted by molar-refractivity contribution is -0.116. The number of hydrogen-bond donors (Lipinski definition) is 3. The molecule has 0 aliphatic carbocycles. The maximum Gasteiger partial charge on any atom is 0.253 e. The van der Waals surface area contributed by atoms with Crippen LogP contribution in [0, 0.1) is 6.92 Å². The molecule has 174 valence electrons. The molecule has 8 nitrogen and oxygen atoms in total. The fraction of sp³-hybridized carbons (Fsp3) is 0.391. The number of halogens is 1. The Bertz CT molecular complexity index is 917. The minimum Gasteiger partial charge on any atom is -0.357 e. The normalized spacial score (nSPS) is 10.7. The first-order valence-electron chi connectivity index (χ1n) is 10.5. The van der Waals surface area contributed by atoms with Gasteiger partial charge in [0.1, 0.15) is 5.82 Å². The zero-order chi connectivity index (χ0) is 22.6. The Hall–Kier alpha value is -2.69. The zero-order valence-corrected chi connectivity index (χ0v) is 21.5. The Balaban J connectivity index is 0.00000512. The summed E-state index contributed by atoms with van der Waals surface area (Å²) in [6.45, 7) is 5.61. The topological polar surface area (TPSA) is 98.7 Å². The van der Waals surface area contributed by atoms with Gasteiger partial charge in [-0.2, -0.15) is 0 Å². The van der Waals surface area contributed by atoms with Crippen LogP contribution in [-0.4, -0.2) is 61.4 Å². The summed E-state index contributed by atoms with van der Waals surface area (Å²) < 4.78 is 0. The van der Waals surface area contributed by atoms with Gasteiger partial charge in [0.05, 0.1) is 6.54 Å². The SMILES string of the molecule is CCNC(=NCCC(=O)Nc1cccc(C)n1)NCCc1cccc(C(=O)N(C)C)c1.I. The molecule has 0 aliphatic heterocycles. The minimum atomic E-state index is -0.125. The van der Waals surface area contributed by atoms with E-state index in [2.05, 4.69) is 25.9 Å². The molecule has 2 aromatic rings. The third-order valence-corrected chi connectivity index (χ3v) is 4.40. The van der Waals surface area contributed by atoms with Gasteiger partial charge in [-0.15, -0.1) is 24.0 Å². The van der Waals surface area contributed by atoms with E-state index in [0.717, 1.165) is 24.2 Å². The van der Waals surface area contributed by atoms with Crippen LogP contribution >= 0.6 is 24.0 Å². The van der Waals surface area contributed by atoms with E-state index >= 15 is 0 Å². The molecule has 0 unspecified atom stereocenters. The van der Waals surface area contributed by atoms with Crippen molar-refractivity contribution in [2.45, 2.75) is 26.7 Å². The summed E-state index contributed by atoms with van der Waals surface area (Å²) in [5.74, 6) is 1.07. The number of nitrogens with one attached hydrogen (secondary N) is 3. The molecule has 0 atom stereocenters. The van der Waals surface area contributed by atoms with E-state index < -0.39 is 0 Å². The van der Waals surface area contributed by atoms with Gasteiger partial charge in [-0.3, -0.25) is 14.6 Å². The van der Waals surface area contributed by atoms with Crippen LogP contribution in [0.15, 0.2) is 47.5 Å². The molecule has 0 fully saturated rings. The summed E-state index contributed by atoms with van der Waals surface area (Å²) in [5.41, 5.74) is 2.60. The van der Waals surface area contributed by atoms with Crippen LogP contribution in [-0.2, 0) is 11.2 Å². The first-order chi connectivity index (χ1) is 14.9. The lowest BCUT2D eigenvalue weighted by atomic mass is 10.1. The second kappa shape index (κ2) is 14.4. The number of carbonyl (C=O) groups excluding carboxylic acids is 2. The van der Waals surface area contributed by atoms with Crippen LogP contribution < -0.4 is 16.0 Å². The smallest absolute Gasteiger partial charge is 0.253 e. The number of rotatable bonds is 9.